The van der Waals surface area contributed by atoms with Crippen LogP contribution >= 0.6 is 11.8 Å². The van der Waals surface area contributed by atoms with E-state index in [0.29, 0.717) is 13.1 Å². The largest absolute Gasteiger partial charge is 0.358 e. The third-order valence-electron chi connectivity index (χ3n) is 4.57. The number of hydrogen-bond acceptors (Lipinski definition) is 2. The van der Waals surface area contributed by atoms with Gasteiger partial charge in [0.05, 0.1) is 0 Å². The smallest absolute Gasteiger partial charge is 0.322 e. The molecule has 2 amide bonds. The molecule has 1 aromatic heterocycles. The quantitative estimate of drug-likeness (QED) is 0.659. The first-order valence-corrected chi connectivity index (χ1v) is 9.35. The van der Waals surface area contributed by atoms with Gasteiger partial charge >= 0.3 is 6.03 Å². The third-order valence-corrected chi connectivity index (χ3v) is 5.31. The van der Waals surface area contributed by atoms with Gasteiger partial charge in [-0.15, -0.1) is 11.8 Å². The summed E-state index contributed by atoms with van der Waals surface area (Å²) < 4.78 is 13.6. The molecule has 0 fully saturated rings. The van der Waals surface area contributed by atoms with Crippen molar-refractivity contribution < 1.29 is 9.18 Å². The van der Waals surface area contributed by atoms with Crippen molar-refractivity contribution >= 4 is 34.4 Å². The van der Waals surface area contributed by atoms with E-state index in [0.717, 1.165) is 39.2 Å². The van der Waals surface area contributed by atoms with Gasteiger partial charge in [0.15, 0.2) is 0 Å². The minimum Gasteiger partial charge on any atom is -0.358 e. The van der Waals surface area contributed by atoms with Crippen LogP contribution in [0.2, 0.25) is 0 Å². The van der Waals surface area contributed by atoms with Crippen LogP contribution in [0, 0.1) is 5.82 Å². The summed E-state index contributed by atoms with van der Waals surface area (Å²) >= 11 is 1.66. The molecule has 128 valence electrons. The van der Waals surface area contributed by atoms with E-state index in [1.807, 2.05) is 30.5 Å². The molecule has 1 aliphatic rings. The van der Waals surface area contributed by atoms with Crippen molar-refractivity contribution in [2.24, 2.45) is 0 Å². The molecule has 0 radical (unpaired) electrons. The summed E-state index contributed by atoms with van der Waals surface area (Å²) in [5, 5.41) is 3.80. The van der Waals surface area contributed by atoms with Crippen molar-refractivity contribution in [2.75, 3.05) is 18.1 Å². The summed E-state index contributed by atoms with van der Waals surface area (Å²) in [6.07, 6.45) is 2.76. The molecule has 0 spiro atoms. The van der Waals surface area contributed by atoms with Crippen LogP contribution in [-0.4, -0.2) is 28.7 Å². The van der Waals surface area contributed by atoms with Crippen LogP contribution in [0.3, 0.4) is 0 Å². The summed E-state index contributed by atoms with van der Waals surface area (Å²) in [5.41, 5.74) is 3.79. The van der Waals surface area contributed by atoms with Crippen molar-refractivity contribution in [2.45, 2.75) is 17.9 Å². The van der Waals surface area contributed by atoms with E-state index in [-0.39, 0.29) is 11.8 Å². The van der Waals surface area contributed by atoms with E-state index < -0.39 is 0 Å². The molecule has 0 aliphatic carbocycles. The van der Waals surface area contributed by atoms with Crippen LogP contribution < -0.4 is 5.32 Å². The van der Waals surface area contributed by atoms with Crippen LogP contribution in [0.15, 0.2) is 47.4 Å². The molecule has 25 heavy (non-hydrogen) atoms. The lowest BCUT2D eigenvalue weighted by molar-refractivity contribution is 0.206. The Labute approximate surface area is 149 Å². The lowest BCUT2D eigenvalue weighted by atomic mass is 10.0. The van der Waals surface area contributed by atoms with Crippen molar-refractivity contribution in [1.29, 1.82) is 0 Å². The number of hydrogen-bond donors (Lipinski definition) is 2. The summed E-state index contributed by atoms with van der Waals surface area (Å²) in [4.78, 5) is 18.8. The van der Waals surface area contributed by atoms with Gasteiger partial charge in [0.1, 0.15) is 5.82 Å². The van der Waals surface area contributed by atoms with E-state index in [2.05, 4.69) is 10.3 Å². The standard InChI is InChI=1S/C19H18FN3OS/c1-25-14-5-3-13(4-6-14)21-19(24)23-9-8-18-16(11-23)15-10-12(20)2-7-17(15)22-18/h2-7,10,22H,8-9,11H2,1H3,(H,21,24). The normalized spacial score (nSPS) is 13.8. The van der Waals surface area contributed by atoms with E-state index in [4.69, 9.17) is 0 Å². The number of carbonyl (C=O) groups excluding carboxylic acids is 1. The lowest BCUT2D eigenvalue weighted by Gasteiger charge is -2.27. The van der Waals surface area contributed by atoms with Crippen LogP contribution in [0.5, 0.6) is 0 Å². The number of aromatic nitrogens is 1. The maximum Gasteiger partial charge on any atom is 0.322 e. The molecule has 2 N–H and O–H groups in total. The second-order valence-corrected chi connectivity index (χ2v) is 6.98. The first-order valence-electron chi connectivity index (χ1n) is 8.13. The second-order valence-electron chi connectivity index (χ2n) is 6.10. The average molecular weight is 355 g/mol. The van der Waals surface area contributed by atoms with Crippen LogP contribution in [0.1, 0.15) is 11.3 Å². The second kappa shape index (κ2) is 6.44. The Bertz CT molecular complexity index is 936. The maximum absolute atomic E-state index is 13.6. The highest BCUT2D eigenvalue weighted by molar-refractivity contribution is 7.98. The van der Waals surface area contributed by atoms with Crippen LogP contribution in [0.25, 0.3) is 10.9 Å². The number of rotatable bonds is 2. The molecule has 0 bridgehead atoms. The van der Waals surface area contributed by atoms with Crippen LogP contribution in [-0.2, 0) is 13.0 Å². The molecular weight excluding hydrogens is 337 g/mol. The van der Waals surface area contributed by atoms with E-state index in [1.54, 1.807) is 22.7 Å². The Morgan fingerprint density at radius 3 is 2.80 bits per heavy atom. The van der Waals surface area contributed by atoms with Gasteiger partial charge in [0, 0.05) is 52.3 Å². The lowest BCUT2D eigenvalue weighted by Crippen LogP contribution is -2.38. The molecule has 0 saturated carbocycles. The van der Waals surface area contributed by atoms with E-state index in [1.165, 1.54) is 12.1 Å². The fraction of sp³-hybridized carbons (Fsp3) is 0.211. The van der Waals surface area contributed by atoms with Gasteiger partial charge in [-0.2, -0.15) is 0 Å². The third kappa shape index (κ3) is 3.09. The minimum absolute atomic E-state index is 0.131. The molecule has 3 aromatic rings. The summed E-state index contributed by atoms with van der Waals surface area (Å²) in [7, 11) is 0. The van der Waals surface area contributed by atoms with Gasteiger partial charge in [-0.3, -0.25) is 0 Å². The first-order chi connectivity index (χ1) is 12.1. The molecule has 0 unspecified atom stereocenters. The zero-order chi connectivity index (χ0) is 17.4. The van der Waals surface area contributed by atoms with Gasteiger partial charge in [-0.1, -0.05) is 0 Å². The Balaban J connectivity index is 1.53. The van der Waals surface area contributed by atoms with Crippen molar-refractivity contribution in [3.8, 4) is 0 Å². The zero-order valence-electron chi connectivity index (χ0n) is 13.8. The van der Waals surface area contributed by atoms with Crippen LogP contribution in [0.4, 0.5) is 14.9 Å². The molecule has 0 atom stereocenters. The highest BCUT2D eigenvalue weighted by atomic mass is 32.2. The monoisotopic (exact) mass is 355 g/mol. The molecule has 0 saturated heterocycles. The van der Waals surface area contributed by atoms with E-state index >= 15 is 0 Å². The number of amides is 2. The number of thioether (sulfide) groups is 1. The number of H-pyrrole nitrogens is 1. The Hall–Kier alpha value is -2.47. The van der Waals surface area contributed by atoms with Crippen molar-refractivity contribution in [3.05, 3.63) is 59.5 Å². The van der Waals surface area contributed by atoms with Crippen molar-refractivity contribution in [1.82, 2.24) is 9.88 Å². The summed E-state index contributed by atoms with van der Waals surface area (Å²) in [6.45, 7) is 1.12. The molecule has 2 aromatic carbocycles. The Kier molecular flexibility index (Phi) is 4.13. The average Bonchev–Trinajstić information content (AvgIpc) is 2.99. The number of urea groups is 1. The topological polar surface area (TPSA) is 48.1 Å². The fourth-order valence-corrected chi connectivity index (χ4v) is 3.64. The number of carbonyl (C=O) groups is 1. The molecule has 4 rings (SSSR count). The number of aromatic amines is 1. The highest BCUT2D eigenvalue weighted by Crippen LogP contribution is 2.28. The Morgan fingerprint density at radius 1 is 1.24 bits per heavy atom. The van der Waals surface area contributed by atoms with Gasteiger partial charge in [-0.05, 0) is 48.7 Å². The predicted molar refractivity (Wildman–Crippen MR) is 99.6 cm³/mol. The summed E-state index contributed by atoms with van der Waals surface area (Å²) in [5.74, 6) is -0.259. The molecule has 6 heteroatoms. The highest BCUT2D eigenvalue weighted by Gasteiger charge is 2.24. The van der Waals surface area contributed by atoms with Gasteiger partial charge < -0.3 is 15.2 Å². The number of anilines is 1. The number of fused-ring (bicyclic) bond motifs is 3. The maximum atomic E-state index is 13.6. The van der Waals surface area contributed by atoms with Gasteiger partial charge in [0.2, 0.25) is 0 Å². The number of nitrogens with one attached hydrogen (secondary N) is 2. The van der Waals surface area contributed by atoms with E-state index in [9.17, 15) is 9.18 Å². The Morgan fingerprint density at radius 2 is 2.04 bits per heavy atom. The van der Waals surface area contributed by atoms with Gasteiger partial charge in [-0.25, -0.2) is 9.18 Å². The minimum atomic E-state index is -0.259. The van der Waals surface area contributed by atoms with Gasteiger partial charge in [0.25, 0.3) is 0 Å². The SMILES string of the molecule is CSc1ccc(NC(=O)N2CCc3[nH]c4ccc(F)cc4c3C2)cc1. The molecule has 2 heterocycles. The molecular formula is C19H18FN3OS. The fourth-order valence-electron chi connectivity index (χ4n) is 3.24. The molecule has 1 aliphatic heterocycles. The number of nitrogens with zero attached hydrogens (tertiary/aromatic N) is 1. The number of halogens is 1. The molecule has 4 nitrogen and oxygen atoms in total. The number of benzene rings is 2. The summed E-state index contributed by atoms with van der Waals surface area (Å²) in [6, 6.07) is 12.4. The van der Waals surface area contributed by atoms with Crippen molar-refractivity contribution in [3.63, 3.8) is 0 Å². The predicted octanol–water partition coefficient (Wildman–Crippen LogP) is 4.62. The zero-order valence-corrected chi connectivity index (χ0v) is 14.6. The first kappa shape index (κ1) is 16.0.